The first kappa shape index (κ1) is 23.0. The second kappa shape index (κ2) is 12.2. The second-order valence-electron chi connectivity index (χ2n) is 8.27. The van der Waals surface area contributed by atoms with Crippen LogP contribution in [0.25, 0.3) is 0 Å². The Morgan fingerprint density at radius 3 is 2.63 bits per heavy atom. The van der Waals surface area contributed by atoms with Gasteiger partial charge in [0.05, 0.1) is 25.8 Å². The summed E-state index contributed by atoms with van der Waals surface area (Å²) in [5.74, 6) is 1.34. The molecule has 2 fully saturated rings. The molecule has 2 aliphatic heterocycles. The van der Waals surface area contributed by atoms with Gasteiger partial charge in [0.1, 0.15) is 5.82 Å². The second-order valence-corrected chi connectivity index (χ2v) is 8.27. The molecule has 0 radical (unpaired) electrons. The molecule has 2 N–H and O–H groups in total. The van der Waals surface area contributed by atoms with Crippen molar-refractivity contribution in [2.75, 3.05) is 65.6 Å². The van der Waals surface area contributed by atoms with Crippen LogP contribution in [0, 0.1) is 11.7 Å². The number of hydrogen-bond acceptors (Lipinski definition) is 4. The topological polar surface area (TPSA) is 52.1 Å². The molecule has 3 rings (SSSR count). The lowest BCUT2D eigenvalue weighted by Gasteiger charge is -2.34. The number of benzene rings is 1. The number of morpholine rings is 1. The van der Waals surface area contributed by atoms with Crippen LogP contribution in [0.5, 0.6) is 0 Å². The summed E-state index contributed by atoms with van der Waals surface area (Å²) in [5.41, 5.74) is 1.10. The molecule has 1 aromatic rings. The van der Waals surface area contributed by atoms with Crippen molar-refractivity contribution >= 4 is 5.96 Å². The number of guanidine groups is 1. The number of rotatable bonds is 9. The Morgan fingerprint density at radius 2 is 1.93 bits per heavy atom. The highest BCUT2D eigenvalue weighted by Crippen LogP contribution is 2.23. The molecule has 2 saturated heterocycles. The first-order valence-electron chi connectivity index (χ1n) is 11.5. The van der Waals surface area contributed by atoms with Crippen LogP contribution in [0.1, 0.15) is 38.3 Å². The third-order valence-corrected chi connectivity index (χ3v) is 5.98. The van der Waals surface area contributed by atoms with Crippen molar-refractivity contribution in [1.82, 2.24) is 20.4 Å². The van der Waals surface area contributed by atoms with E-state index in [-0.39, 0.29) is 11.9 Å². The van der Waals surface area contributed by atoms with Crippen LogP contribution in [-0.2, 0) is 4.74 Å². The molecule has 168 valence electrons. The minimum absolute atomic E-state index is 0.122. The lowest BCUT2D eigenvalue weighted by atomic mass is 10.0. The van der Waals surface area contributed by atoms with E-state index in [0.717, 1.165) is 50.9 Å². The quantitative estimate of drug-likeness (QED) is 0.476. The van der Waals surface area contributed by atoms with E-state index in [4.69, 9.17) is 9.73 Å². The van der Waals surface area contributed by atoms with Gasteiger partial charge in [-0.15, -0.1) is 0 Å². The van der Waals surface area contributed by atoms with Crippen molar-refractivity contribution in [2.24, 2.45) is 10.9 Å². The van der Waals surface area contributed by atoms with E-state index in [1.807, 2.05) is 12.1 Å². The molecule has 2 heterocycles. The molecule has 2 aliphatic rings. The van der Waals surface area contributed by atoms with Crippen molar-refractivity contribution in [1.29, 1.82) is 0 Å². The molecule has 2 unspecified atom stereocenters. The number of hydrogen-bond donors (Lipinski definition) is 2. The Balaban J connectivity index is 1.62. The maximum atomic E-state index is 13.4. The zero-order valence-corrected chi connectivity index (χ0v) is 18.6. The van der Waals surface area contributed by atoms with Gasteiger partial charge in [-0.25, -0.2) is 4.39 Å². The monoisotopic (exact) mass is 419 g/mol. The minimum Gasteiger partial charge on any atom is -0.379 e. The molecule has 1 aromatic carbocycles. The summed E-state index contributed by atoms with van der Waals surface area (Å²) in [4.78, 5) is 9.86. The largest absolute Gasteiger partial charge is 0.379 e. The lowest BCUT2D eigenvalue weighted by molar-refractivity contribution is 0.0179. The molecule has 30 heavy (non-hydrogen) atoms. The molecule has 2 atom stereocenters. The zero-order valence-electron chi connectivity index (χ0n) is 18.6. The van der Waals surface area contributed by atoms with Gasteiger partial charge in [0.15, 0.2) is 5.96 Å². The third kappa shape index (κ3) is 6.93. The maximum Gasteiger partial charge on any atom is 0.191 e. The number of halogens is 1. The third-order valence-electron chi connectivity index (χ3n) is 5.98. The van der Waals surface area contributed by atoms with E-state index in [1.54, 1.807) is 0 Å². The first-order valence-corrected chi connectivity index (χ1v) is 11.5. The Hall–Kier alpha value is -1.70. The van der Waals surface area contributed by atoms with E-state index in [0.29, 0.717) is 12.5 Å². The summed E-state index contributed by atoms with van der Waals surface area (Å²) in [6.07, 6.45) is 2.47. The van der Waals surface area contributed by atoms with Gasteiger partial charge in [-0.3, -0.25) is 9.89 Å². The smallest absolute Gasteiger partial charge is 0.191 e. The number of likely N-dealkylation sites (tertiary alicyclic amines) is 1. The molecule has 0 bridgehead atoms. The average Bonchev–Trinajstić information content (AvgIpc) is 3.22. The van der Waals surface area contributed by atoms with Gasteiger partial charge in [0.2, 0.25) is 0 Å². The molecular weight excluding hydrogens is 381 g/mol. The van der Waals surface area contributed by atoms with E-state index in [1.165, 1.54) is 44.6 Å². The van der Waals surface area contributed by atoms with Gasteiger partial charge in [0, 0.05) is 32.7 Å². The molecular formula is C23H38FN5O. The number of ether oxygens (including phenoxy) is 1. The van der Waals surface area contributed by atoms with Crippen molar-refractivity contribution in [3.63, 3.8) is 0 Å². The summed E-state index contributed by atoms with van der Waals surface area (Å²) >= 11 is 0. The van der Waals surface area contributed by atoms with Crippen LogP contribution in [-0.4, -0.2) is 81.3 Å². The highest BCUT2D eigenvalue weighted by atomic mass is 19.1. The number of nitrogens with one attached hydrogen (secondary N) is 2. The number of nitrogens with zero attached hydrogens (tertiary/aromatic N) is 3. The van der Waals surface area contributed by atoms with Crippen molar-refractivity contribution in [3.05, 3.63) is 35.6 Å². The Kier molecular flexibility index (Phi) is 9.36. The normalized spacial score (nSPS) is 22.2. The predicted molar refractivity (Wildman–Crippen MR) is 120 cm³/mol. The highest BCUT2D eigenvalue weighted by Gasteiger charge is 2.24. The molecule has 0 amide bonds. The molecule has 6 nitrogen and oxygen atoms in total. The Labute approximate surface area is 180 Å². The molecule has 0 aliphatic carbocycles. The molecule has 0 aromatic heterocycles. The van der Waals surface area contributed by atoms with Gasteiger partial charge >= 0.3 is 0 Å². The van der Waals surface area contributed by atoms with Crippen LogP contribution in [0.2, 0.25) is 0 Å². The summed E-state index contributed by atoms with van der Waals surface area (Å²) in [6.45, 7) is 13.5. The molecule has 0 spiro atoms. The van der Waals surface area contributed by atoms with Gasteiger partial charge < -0.3 is 20.3 Å². The van der Waals surface area contributed by atoms with E-state index >= 15 is 0 Å². The number of aliphatic imine (C=N–C) groups is 1. The van der Waals surface area contributed by atoms with Crippen LogP contribution < -0.4 is 10.6 Å². The SMILES string of the molecule is CCCN1CCC(CNC(=NCC(c2ccc(F)cc2)N2CCOCC2)NCC)C1. The fourth-order valence-electron chi connectivity index (χ4n) is 4.37. The summed E-state index contributed by atoms with van der Waals surface area (Å²) in [6, 6.07) is 6.96. The van der Waals surface area contributed by atoms with Crippen molar-refractivity contribution in [3.8, 4) is 0 Å². The first-order chi connectivity index (χ1) is 14.7. The molecule has 7 heteroatoms. The van der Waals surface area contributed by atoms with Crippen LogP contribution >= 0.6 is 0 Å². The van der Waals surface area contributed by atoms with Crippen LogP contribution in [0.3, 0.4) is 0 Å². The fraction of sp³-hybridized carbons (Fsp3) is 0.696. The maximum absolute atomic E-state index is 13.4. The van der Waals surface area contributed by atoms with E-state index in [9.17, 15) is 4.39 Å². The summed E-state index contributed by atoms with van der Waals surface area (Å²) < 4.78 is 19.0. The van der Waals surface area contributed by atoms with Gasteiger partial charge in [0.25, 0.3) is 0 Å². The Morgan fingerprint density at radius 1 is 1.17 bits per heavy atom. The standard InChI is InChI=1S/C23H38FN5O/c1-3-10-28-11-9-19(18-28)16-26-23(25-4-2)27-17-22(29-12-14-30-15-13-29)20-5-7-21(24)8-6-20/h5-8,19,22H,3-4,9-18H2,1-2H3,(H2,25,26,27). The minimum atomic E-state index is -0.202. The van der Waals surface area contributed by atoms with Crippen LogP contribution in [0.15, 0.2) is 29.3 Å². The van der Waals surface area contributed by atoms with Crippen molar-refractivity contribution < 1.29 is 9.13 Å². The van der Waals surface area contributed by atoms with Gasteiger partial charge in [-0.2, -0.15) is 0 Å². The zero-order chi connectivity index (χ0) is 21.2. The summed E-state index contributed by atoms with van der Waals surface area (Å²) in [7, 11) is 0. The van der Waals surface area contributed by atoms with E-state index < -0.39 is 0 Å². The Bertz CT molecular complexity index is 647. The van der Waals surface area contributed by atoms with E-state index in [2.05, 4.69) is 34.3 Å². The van der Waals surface area contributed by atoms with Gasteiger partial charge in [-0.1, -0.05) is 19.1 Å². The predicted octanol–water partition coefficient (Wildman–Crippen LogP) is 2.49. The highest BCUT2D eigenvalue weighted by molar-refractivity contribution is 5.79. The van der Waals surface area contributed by atoms with Crippen LogP contribution in [0.4, 0.5) is 4.39 Å². The average molecular weight is 420 g/mol. The summed E-state index contributed by atoms with van der Waals surface area (Å²) in [5, 5.41) is 6.94. The van der Waals surface area contributed by atoms with Gasteiger partial charge in [-0.05, 0) is 56.5 Å². The molecule has 0 saturated carbocycles. The van der Waals surface area contributed by atoms with Crippen molar-refractivity contribution in [2.45, 2.75) is 32.7 Å². The lowest BCUT2D eigenvalue weighted by Crippen LogP contribution is -2.42. The fourth-order valence-corrected chi connectivity index (χ4v) is 4.37.